The standard InChI is InChI=1S/C25H21F4NO5/c1-24(2,23(33)34)30(9-10-30)22(32)18-12-20(31)16-5-3-4-6-17(16)21(18)35-13-14-7-8-15(11-19(14)26)25(27,28)29/h3-8,11-12H,9-10,13H2,1-2H3,(H-,31,33,34)/p+1. The van der Waals surface area contributed by atoms with Crippen LogP contribution < -0.4 is 4.74 Å². The topological polar surface area (TPSA) is 83.8 Å². The Morgan fingerprint density at radius 3 is 2.20 bits per heavy atom. The number of carbonyl (C=O) groups is 2. The molecule has 0 radical (unpaired) electrons. The van der Waals surface area contributed by atoms with Crippen LogP contribution in [0.25, 0.3) is 10.8 Å². The molecule has 0 saturated carbocycles. The number of hydrogen-bond donors (Lipinski definition) is 2. The molecule has 35 heavy (non-hydrogen) atoms. The number of halogens is 4. The molecule has 4 rings (SSSR count). The zero-order valence-electron chi connectivity index (χ0n) is 18.8. The predicted octanol–water partition coefficient (Wildman–Crippen LogP) is 5.12. The molecule has 2 N–H and O–H groups in total. The van der Waals surface area contributed by atoms with E-state index < -0.39 is 46.1 Å². The van der Waals surface area contributed by atoms with Crippen LogP contribution in [0.4, 0.5) is 17.6 Å². The molecular formula is C25H22F4NO5+. The van der Waals surface area contributed by atoms with Crippen molar-refractivity contribution in [1.29, 1.82) is 0 Å². The lowest BCUT2D eigenvalue weighted by molar-refractivity contribution is -0.759. The van der Waals surface area contributed by atoms with Gasteiger partial charge >= 0.3 is 18.1 Å². The Bertz CT molecular complexity index is 1350. The van der Waals surface area contributed by atoms with Gasteiger partial charge in [0, 0.05) is 36.2 Å². The Morgan fingerprint density at radius 2 is 1.66 bits per heavy atom. The number of amides is 1. The van der Waals surface area contributed by atoms with E-state index in [0.29, 0.717) is 16.8 Å². The summed E-state index contributed by atoms with van der Waals surface area (Å²) in [5.74, 6) is -3.15. The smallest absolute Gasteiger partial charge is 0.416 e. The van der Waals surface area contributed by atoms with Crippen LogP contribution >= 0.6 is 0 Å². The summed E-state index contributed by atoms with van der Waals surface area (Å²) in [6.45, 7) is 2.89. The minimum absolute atomic E-state index is 0.0201. The van der Waals surface area contributed by atoms with Gasteiger partial charge < -0.3 is 14.9 Å². The van der Waals surface area contributed by atoms with E-state index in [-0.39, 0.29) is 35.7 Å². The third-order valence-electron chi connectivity index (χ3n) is 6.61. The third-order valence-corrected chi connectivity index (χ3v) is 6.61. The molecule has 0 atom stereocenters. The van der Waals surface area contributed by atoms with Crippen molar-refractivity contribution >= 4 is 22.6 Å². The maximum absolute atomic E-state index is 14.4. The van der Waals surface area contributed by atoms with Gasteiger partial charge in [-0.1, -0.05) is 30.3 Å². The third kappa shape index (κ3) is 4.07. The lowest BCUT2D eigenvalue weighted by Gasteiger charge is -2.30. The van der Waals surface area contributed by atoms with E-state index in [4.69, 9.17) is 4.74 Å². The first-order valence-electron chi connectivity index (χ1n) is 10.7. The first-order valence-corrected chi connectivity index (χ1v) is 10.7. The highest BCUT2D eigenvalue weighted by molar-refractivity contribution is 6.04. The van der Waals surface area contributed by atoms with Crippen LogP contribution in [0.2, 0.25) is 0 Å². The Hall–Kier alpha value is -3.66. The Morgan fingerprint density at radius 1 is 1.03 bits per heavy atom. The van der Waals surface area contributed by atoms with Gasteiger partial charge in [-0.3, -0.25) is 0 Å². The summed E-state index contributed by atoms with van der Waals surface area (Å²) in [5, 5.41) is 20.9. The molecule has 3 aromatic rings. The van der Waals surface area contributed by atoms with Gasteiger partial charge in [-0.05, 0) is 12.1 Å². The second-order valence-electron chi connectivity index (χ2n) is 8.99. The van der Waals surface area contributed by atoms with Crippen molar-refractivity contribution < 1.29 is 46.6 Å². The molecule has 0 aromatic heterocycles. The van der Waals surface area contributed by atoms with Gasteiger partial charge in [-0.25, -0.2) is 18.5 Å². The number of fused-ring (bicyclic) bond motifs is 1. The van der Waals surface area contributed by atoms with Gasteiger partial charge in [0.25, 0.3) is 0 Å². The molecule has 0 bridgehead atoms. The van der Waals surface area contributed by atoms with E-state index in [1.54, 1.807) is 24.3 Å². The van der Waals surface area contributed by atoms with Crippen LogP contribution in [0.5, 0.6) is 11.5 Å². The zero-order valence-corrected chi connectivity index (χ0v) is 18.8. The SMILES string of the molecule is CC(C)(C(=O)O)[N+]1(C(=O)c2cc(O)c3ccccc3c2OCc2ccc(C(F)(F)F)cc2F)CC1. The number of alkyl halides is 3. The molecule has 0 spiro atoms. The molecule has 1 amide bonds. The van der Waals surface area contributed by atoms with Crippen LogP contribution in [-0.4, -0.2) is 45.2 Å². The number of rotatable bonds is 6. The molecule has 6 nitrogen and oxygen atoms in total. The molecule has 1 aliphatic rings. The number of carbonyl (C=O) groups excluding carboxylic acids is 1. The van der Waals surface area contributed by atoms with E-state index in [0.717, 1.165) is 12.1 Å². The second-order valence-corrected chi connectivity index (χ2v) is 8.99. The van der Waals surface area contributed by atoms with Crippen molar-refractivity contribution in [2.24, 2.45) is 0 Å². The number of quaternary nitrogens is 1. The summed E-state index contributed by atoms with van der Waals surface area (Å²) in [4.78, 5) is 25.5. The van der Waals surface area contributed by atoms with E-state index in [1.165, 1.54) is 19.9 Å². The van der Waals surface area contributed by atoms with Crippen LogP contribution in [0.1, 0.15) is 35.3 Å². The largest absolute Gasteiger partial charge is 0.507 e. The first-order chi connectivity index (χ1) is 16.3. The van der Waals surface area contributed by atoms with Crippen molar-refractivity contribution in [3.8, 4) is 11.5 Å². The second kappa shape index (κ2) is 8.23. The Kier molecular flexibility index (Phi) is 5.75. The van der Waals surface area contributed by atoms with Crippen molar-refractivity contribution in [2.75, 3.05) is 13.1 Å². The number of phenols is 1. The molecular weight excluding hydrogens is 470 g/mol. The number of phenolic OH excluding ortho intramolecular Hbond substituents is 1. The molecule has 10 heteroatoms. The molecule has 1 saturated heterocycles. The highest BCUT2D eigenvalue weighted by Gasteiger charge is 2.64. The van der Waals surface area contributed by atoms with Gasteiger partial charge in [-0.2, -0.15) is 13.2 Å². The normalized spacial score (nSPS) is 15.1. The van der Waals surface area contributed by atoms with Crippen molar-refractivity contribution in [3.63, 3.8) is 0 Å². The van der Waals surface area contributed by atoms with E-state index in [1.807, 2.05) is 0 Å². The van der Waals surface area contributed by atoms with Crippen molar-refractivity contribution in [3.05, 3.63) is 71.0 Å². The maximum atomic E-state index is 14.4. The molecule has 0 unspecified atom stereocenters. The average Bonchev–Trinajstić information content (AvgIpc) is 3.60. The van der Waals surface area contributed by atoms with Crippen molar-refractivity contribution in [2.45, 2.75) is 32.2 Å². The zero-order chi connectivity index (χ0) is 25.8. The number of benzene rings is 3. The highest BCUT2D eigenvalue weighted by Crippen LogP contribution is 2.43. The van der Waals surface area contributed by atoms with Gasteiger partial charge in [0.05, 0.1) is 5.56 Å². The lowest BCUT2D eigenvalue weighted by Crippen LogP contribution is -2.56. The molecule has 1 aliphatic heterocycles. The van der Waals surface area contributed by atoms with E-state index >= 15 is 0 Å². The monoisotopic (exact) mass is 492 g/mol. The number of ether oxygens (including phenoxy) is 1. The van der Waals surface area contributed by atoms with Gasteiger partial charge in [0.2, 0.25) is 0 Å². The molecule has 1 fully saturated rings. The summed E-state index contributed by atoms with van der Waals surface area (Å²) in [6, 6.07) is 9.65. The molecule has 0 aliphatic carbocycles. The Balaban J connectivity index is 1.78. The van der Waals surface area contributed by atoms with E-state index in [9.17, 15) is 37.4 Å². The number of aromatic hydroxyl groups is 1. The average molecular weight is 492 g/mol. The number of carboxylic acids is 1. The van der Waals surface area contributed by atoms with Crippen LogP contribution in [0, 0.1) is 5.82 Å². The fourth-order valence-electron chi connectivity index (χ4n) is 4.16. The highest BCUT2D eigenvalue weighted by atomic mass is 19.4. The van der Waals surface area contributed by atoms with Gasteiger partial charge in [0.15, 0.2) is 5.54 Å². The van der Waals surface area contributed by atoms with Crippen molar-refractivity contribution in [1.82, 2.24) is 0 Å². The first kappa shape index (κ1) is 24.5. The fraction of sp³-hybridized carbons (Fsp3) is 0.280. The predicted molar refractivity (Wildman–Crippen MR) is 117 cm³/mol. The van der Waals surface area contributed by atoms with E-state index in [2.05, 4.69) is 0 Å². The van der Waals surface area contributed by atoms with Gasteiger partial charge in [0.1, 0.15) is 42.6 Å². The summed E-state index contributed by atoms with van der Waals surface area (Å²) in [7, 11) is 0. The lowest BCUT2D eigenvalue weighted by atomic mass is 9.98. The number of carboxylic acid groups (broad SMARTS) is 1. The number of nitrogens with zero attached hydrogens (tertiary/aromatic N) is 1. The molecule has 3 aromatic carbocycles. The Labute approximate surface area is 197 Å². The van der Waals surface area contributed by atoms with Crippen LogP contribution in [-0.2, 0) is 17.6 Å². The van der Waals surface area contributed by atoms with Crippen LogP contribution in [0.15, 0.2) is 48.5 Å². The number of hydrogen-bond acceptors (Lipinski definition) is 4. The minimum atomic E-state index is -4.71. The summed E-state index contributed by atoms with van der Waals surface area (Å²) in [6.07, 6.45) is -4.71. The maximum Gasteiger partial charge on any atom is 0.416 e. The van der Waals surface area contributed by atoms with Crippen LogP contribution in [0.3, 0.4) is 0 Å². The molecule has 1 heterocycles. The summed E-state index contributed by atoms with van der Waals surface area (Å²) in [5.41, 5.74) is -2.88. The fourth-order valence-corrected chi connectivity index (χ4v) is 4.16. The molecule has 184 valence electrons. The number of aliphatic carboxylic acids is 1. The summed E-state index contributed by atoms with van der Waals surface area (Å²) < 4.78 is 58.4. The van der Waals surface area contributed by atoms with Gasteiger partial charge in [-0.15, -0.1) is 0 Å². The quantitative estimate of drug-likeness (QED) is 0.284. The minimum Gasteiger partial charge on any atom is -0.507 e. The summed E-state index contributed by atoms with van der Waals surface area (Å²) >= 11 is 0.